The van der Waals surface area contributed by atoms with Gasteiger partial charge in [0.15, 0.2) is 0 Å². The number of nitrogens with one attached hydrogen (secondary N) is 2. The Morgan fingerprint density at radius 3 is 2.88 bits per heavy atom. The van der Waals surface area contributed by atoms with Crippen LogP contribution in [0.2, 0.25) is 5.02 Å². The second-order valence-electron chi connectivity index (χ2n) is 3.49. The van der Waals surface area contributed by atoms with Crippen LogP contribution in [0.25, 0.3) is 0 Å². The Morgan fingerprint density at radius 2 is 2.29 bits per heavy atom. The summed E-state index contributed by atoms with van der Waals surface area (Å²) in [4.78, 5) is 11.9. The second-order valence-corrected chi connectivity index (χ2v) is 4.75. The van der Waals surface area contributed by atoms with Crippen LogP contribution in [0.1, 0.15) is 16.1 Å². The molecule has 0 radical (unpaired) electrons. The molecule has 0 saturated carbocycles. The average molecular weight is 315 g/mol. The van der Waals surface area contributed by atoms with E-state index in [1.54, 1.807) is 25.1 Å². The molecule has 0 spiro atoms. The summed E-state index contributed by atoms with van der Waals surface area (Å²) in [6.45, 7) is 1.79. The summed E-state index contributed by atoms with van der Waals surface area (Å²) < 4.78 is 0.737. The van der Waals surface area contributed by atoms with Gasteiger partial charge in [0.25, 0.3) is 5.91 Å². The fraction of sp³-hybridized carbons (Fsp3) is 0.0909. The molecule has 0 bridgehead atoms. The van der Waals surface area contributed by atoms with Gasteiger partial charge < -0.3 is 5.32 Å². The zero-order valence-electron chi connectivity index (χ0n) is 8.92. The van der Waals surface area contributed by atoms with Crippen molar-refractivity contribution in [2.75, 3.05) is 5.32 Å². The van der Waals surface area contributed by atoms with E-state index in [-0.39, 0.29) is 5.91 Å². The van der Waals surface area contributed by atoms with Crippen molar-refractivity contribution < 1.29 is 4.79 Å². The standard InChI is InChI=1S/C11H9BrClN3O/c1-6-8(5-14-16-6)11(17)15-7-2-3-10(13)9(12)4-7/h2-5H,1H3,(H,14,16)(H,15,17). The Morgan fingerprint density at radius 1 is 1.53 bits per heavy atom. The summed E-state index contributed by atoms with van der Waals surface area (Å²) in [6, 6.07) is 5.19. The molecule has 0 atom stereocenters. The fourth-order valence-corrected chi connectivity index (χ4v) is 1.85. The van der Waals surface area contributed by atoms with Gasteiger partial charge in [0.2, 0.25) is 0 Å². The second kappa shape index (κ2) is 4.89. The summed E-state index contributed by atoms with van der Waals surface area (Å²) >= 11 is 9.16. The maximum atomic E-state index is 11.9. The third-order valence-corrected chi connectivity index (χ3v) is 3.47. The van der Waals surface area contributed by atoms with Crippen LogP contribution in [0.15, 0.2) is 28.9 Å². The zero-order chi connectivity index (χ0) is 12.4. The normalized spacial score (nSPS) is 10.3. The molecule has 2 N–H and O–H groups in total. The topological polar surface area (TPSA) is 57.8 Å². The largest absolute Gasteiger partial charge is 0.322 e. The predicted octanol–water partition coefficient (Wildman–Crippen LogP) is 3.39. The molecule has 0 unspecified atom stereocenters. The fourth-order valence-electron chi connectivity index (χ4n) is 1.35. The first-order chi connectivity index (χ1) is 8.08. The summed E-state index contributed by atoms with van der Waals surface area (Å²) in [6.07, 6.45) is 1.50. The number of amides is 1. The van der Waals surface area contributed by atoms with E-state index < -0.39 is 0 Å². The van der Waals surface area contributed by atoms with Gasteiger partial charge in [0.1, 0.15) is 0 Å². The molecule has 1 aromatic carbocycles. The minimum absolute atomic E-state index is 0.203. The molecule has 1 amide bonds. The summed E-state index contributed by atoms with van der Waals surface area (Å²) in [5.41, 5.74) is 1.93. The van der Waals surface area contributed by atoms with Gasteiger partial charge in [-0.15, -0.1) is 0 Å². The van der Waals surface area contributed by atoms with Crippen molar-refractivity contribution in [2.45, 2.75) is 6.92 Å². The quantitative estimate of drug-likeness (QED) is 0.892. The Bertz CT molecular complexity index is 568. The number of halogens is 2. The van der Waals surface area contributed by atoms with Crippen LogP contribution < -0.4 is 5.32 Å². The molecule has 0 saturated heterocycles. The molecule has 17 heavy (non-hydrogen) atoms. The van der Waals surface area contributed by atoms with Gasteiger partial charge in [-0.3, -0.25) is 9.89 Å². The van der Waals surface area contributed by atoms with Gasteiger partial charge in [-0.1, -0.05) is 11.6 Å². The molecular formula is C11H9BrClN3O. The first-order valence-electron chi connectivity index (χ1n) is 4.84. The van der Waals surface area contributed by atoms with Crippen molar-refractivity contribution in [3.8, 4) is 0 Å². The van der Waals surface area contributed by atoms with Gasteiger partial charge in [0, 0.05) is 15.9 Å². The van der Waals surface area contributed by atoms with E-state index in [9.17, 15) is 4.79 Å². The maximum Gasteiger partial charge on any atom is 0.259 e. The number of nitrogens with zero attached hydrogens (tertiary/aromatic N) is 1. The monoisotopic (exact) mass is 313 g/mol. The maximum absolute atomic E-state index is 11.9. The zero-order valence-corrected chi connectivity index (χ0v) is 11.3. The van der Waals surface area contributed by atoms with Crippen LogP contribution in [0.5, 0.6) is 0 Å². The van der Waals surface area contributed by atoms with Crippen molar-refractivity contribution in [2.24, 2.45) is 0 Å². The highest BCUT2D eigenvalue weighted by Gasteiger charge is 2.11. The summed E-state index contributed by atoms with van der Waals surface area (Å²) in [5.74, 6) is -0.203. The van der Waals surface area contributed by atoms with E-state index >= 15 is 0 Å². The molecule has 88 valence electrons. The van der Waals surface area contributed by atoms with Gasteiger partial charge >= 0.3 is 0 Å². The first kappa shape index (κ1) is 12.1. The molecule has 4 nitrogen and oxygen atoms in total. The van der Waals surface area contributed by atoms with Crippen molar-refractivity contribution in [3.05, 3.63) is 45.1 Å². The summed E-state index contributed by atoms with van der Waals surface area (Å²) in [5, 5.41) is 9.88. The third-order valence-electron chi connectivity index (χ3n) is 2.25. The smallest absolute Gasteiger partial charge is 0.259 e. The molecule has 1 heterocycles. The number of carbonyl (C=O) groups is 1. The van der Waals surface area contributed by atoms with E-state index in [4.69, 9.17) is 11.6 Å². The van der Waals surface area contributed by atoms with Crippen molar-refractivity contribution >= 4 is 39.1 Å². The van der Waals surface area contributed by atoms with E-state index in [0.717, 1.165) is 10.2 Å². The number of hydrogen-bond donors (Lipinski definition) is 2. The Kier molecular flexibility index (Phi) is 3.49. The van der Waals surface area contributed by atoms with E-state index in [2.05, 4.69) is 31.4 Å². The first-order valence-corrected chi connectivity index (χ1v) is 6.01. The minimum Gasteiger partial charge on any atom is -0.322 e. The van der Waals surface area contributed by atoms with E-state index in [1.165, 1.54) is 6.20 Å². The number of H-pyrrole nitrogens is 1. The highest BCUT2D eigenvalue weighted by atomic mass is 79.9. The highest BCUT2D eigenvalue weighted by Crippen LogP contribution is 2.25. The van der Waals surface area contributed by atoms with Gasteiger partial charge in [-0.2, -0.15) is 5.10 Å². The van der Waals surface area contributed by atoms with Crippen molar-refractivity contribution in [1.82, 2.24) is 10.2 Å². The summed E-state index contributed by atoms with van der Waals surface area (Å²) in [7, 11) is 0. The van der Waals surface area contributed by atoms with Gasteiger partial charge in [-0.25, -0.2) is 0 Å². The number of hydrogen-bond acceptors (Lipinski definition) is 2. The van der Waals surface area contributed by atoms with Crippen LogP contribution in [-0.4, -0.2) is 16.1 Å². The number of carbonyl (C=O) groups excluding carboxylic acids is 1. The Labute approximate surface area is 111 Å². The molecule has 6 heteroatoms. The van der Waals surface area contributed by atoms with Crippen molar-refractivity contribution in [3.63, 3.8) is 0 Å². The van der Waals surface area contributed by atoms with Gasteiger partial charge in [-0.05, 0) is 41.1 Å². The lowest BCUT2D eigenvalue weighted by atomic mass is 10.2. The predicted molar refractivity (Wildman–Crippen MR) is 70.4 cm³/mol. The Balaban J connectivity index is 2.19. The van der Waals surface area contributed by atoms with Gasteiger partial charge in [0.05, 0.1) is 16.8 Å². The average Bonchev–Trinajstić information content (AvgIpc) is 2.70. The lowest BCUT2D eigenvalue weighted by Crippen LogP contribution is -2.12. The molecule has 0 aliphatic rings. The number of rotatable bonds is 2. The van der Waals surface area contributed by atoms with Crippen LogP contribution in [-0.2, 0) is 0 Å². The van der Waals surface area contributed by atoms with Crippen LogP contribution in [0.4, 0.5) is 5.69 Å². The van der Waals surface area contributed by atoms with E-state index in [1.807, 2.05) is 0 Å². The van der Waals surface area contributed by atoms with Crippen LogP contribution in [0.3, 0.4) is 0 Å². The molecule has 2 aromatic rings. The molecule has 0 aliphatic carbocycles. The lowest BCUT2D eigenvalue weighted by Gasteiger charge is -2.05. The number of benzene rings is 1. The molecule has 1 aromatic heterocycles. The highest BCUT2D eigenvalue weighted by molar-refractivity contribution is 9.10. The number of aromatic amines is 1. The number of aryl methyl sites for hydroxylation is 1. The minimum atomic E-state index is -0.203. The Hall–Kier alpha value is -1.33. The van der Waals surface area contributed by atoms with Crippen LogP contribution >= 0.6 is 27.5 Å². The van der Waals surface area contributed by atoms with Crippen molar-refractivity contribution in [1.29, 1.82) is 0 Å². The van der Waals surface area contributed by atoms with E-state index in [0.29, 0.717) is 16.3 Å². The van der Waals surface area contributed by atoms with Crippen LogP contribution in [0, 0.1) is 6.92 Å². The molecule has 0 aliphatic heterocycles. The SMILES string of the molecule is Cc1[nH]ncc1C(=O)Nc1ccc(Cl)c(Br)c1. The number of aromatic nitrogens is 2. The molecule has 2 rings (SSSR count). The molecule has 0 fully saturated rings. The lowest BCUT2D eigenvalue weighted by molar-refractivity contribution is 0.102. The number of anilines is 1. The molecular weight excluding hydrogens is 305 g/mol. The third kappa shape index (κ3) is 2.68.